The van der Waals surface area contributed by atoms with E-state index >= 15 is 0 Å². The van der Waals surface area contributed by atoms with Crippen molar-refractivity contribution in [3.05, 3.63) is 33.4 Å². The van der Waals surface area contributed by atoms with Crippen molar-refractivity contribution in [2.75, 3.05) is 6.61 Å². The van der Waals surface area contributed by atoms with Crippen LogP contribution in [0.1, 0.15) is 29.6 Å². The molecule has 1 amide bonds. The van der Waals surface area contributed by atoms with Crippen LogP contribution in [0.3, 0.4) is 0 Å². The van der Waals surface area contributed by atoms with Gasteiger partial charge in [0.05, 0.1) is 17.7 Å². The van der Waals surface area contributed by atoms with Crippen molar-refractivity contribution in [2.24, 2.45) is 0 Å². The average Bonchev–Trinajstić information content (AvgIpc) is 2.24. The Balaban J connectivity index is 2.11. The summed E-state index contributed by atoms with van der Waals surface area (Å²) >= 11 is 2.15. The number of carbonyl (C=O) groups excluding carboxylic acids is 1. The second-order valence-electron chi connectivity index (χ2n) is 4.23. The molecular weight excluding hydrogens is 317 g/mol. The lowest BCUT2D eigenvalue weighted by atomic mass is 9.77. The van der Waals surface area contributed by atoms with Crippen molar-refractivity contribution >= 4 is 28.5 Å². The molecule has 0 bridgehead atoms. The van der Waals surface area contributed by atoms with E-state index < -0.39 is 0 Å². The molecule has 0 aromatic heterocycles. The van der Waals surface area contributed by atoms with Gasteiger partial charge in [-0.25, -0.2) is 0 Å². The zero-order chi connectivity index (χ0) is 11.6. The van der Waals surface area contributed by atoms with E-state index in [2.05, 4.69) is 27.9 Å². The Hall–Kier alpha value is -0.620. The van der Waals surface area contributed by atoms with Crippen LogP contribution in [0, 0.1) is 3.57 Å². The summed E-state index contributed by atoms with van der Waals surface area (Å²) in [5, 5.41) is 12.2. The first-order valence-electron chi connectivity index (χ1n) is 5.35. The number of benzene rings is 1. The maximum Gasteiger partial charge on any atom is 0.252 e. The third-order valence-electron chi connectivity index (χ3n) is 3.11. The van der Waals surface area contributed by atoms with Crippen LogP contribution >= 0.6 is 22.6 Å². The number of nitrogens with one attached hydrogen (secondary N) is 1. The summed E-state index contributed by atoms with van der Waals surface area (Å²) in [5.41, 5.74) is 0.318. The zero-order valence-corrected chi connectivity index (χ0v) is 11.0. The van der Waals surface area contributed by atoms with Crippen molar-refractivity contribution in [2.45, 2.75) is 24.8 Å². The van der Waals surface area contributed by atoms with Gasteiger partial charge in [0.15, 0.2) is 0 Å². The molecule has 0 spiro atoms. The number of amides is 1. The van der Waals surface area contributed by atoms with Gasteiger partial charge in [0.25, 0.3) is 5.91 Å². The third kappa shape index (κ3) is 2.22. The summed E-state index contributed by atoms with van der Waals surface area (Å²) in [7, 11) is 0. The molecule has 1 fully saturated rings. The molecular formula is C12H14INO2. The molecule has 16 heavy (non-hydrogen) atoms. The number of aliphatic hydroxyl groups is 1. The minimum Gasteiger partial charge on any atom is -0.394 e. The molecule has 0 saturated heterocycles. The second-order valence-corrected chi connectivity index (χ2v) is 5.39. The predicted octanol–water partition coefficient (Wildman–Crippen LogP) is 1.94. The minimum absolute atomic E-state index is 0.0299. The lowest BCUT2D eigenvalue weighted by Crippen LogP contribution is -2.56. The van der Waals surface area contributed by atoms with Gasteiger partial charge in [-0.3, -0.25) is 4.79 Å². The van der Waals surface area contributed by atoms with Gasteiger partial charge in [-0.15, -0.1) is 0 Å². The number of halogens is 1. The van der Waals surface area contributed by atoms with E-state index in [0.717, 1.165) is 22.8 Å². The van der Waals surface area contributed by atoms with Crippen LogP contribution < -0.4 is 5.32 Å². The third-order valence-corrected chi connectivity index (χ3v) is 4.05. The molecule has 0 radical (unpaired) electrons. The van der Waals surface area contributed by atoms with Gasteiger partial charge in [-0.1, -0.05) is 12.1 Å². The SMILES string of the molecule is O=C(NC1(CO)CCC1)c1ccccc1I. The summed E-state index contributed by atoms with van der Waals surface area (Å²) < 4.78 is 0.935. The molecule has 1 aromatic rings. The van der Waals surface area contributed by atoms with Gasteiger partial charge in [0, 0.05) is 3.57 Å². The largest absolute Gasteiger partial charge is 0.394 e. The Kier molecular flexibility index (Phi) is 3.49. The molecule has 4 heteroatoms. The van der Waals surface area contributed by atoms with Crippen molar-refractivity contribution in [1.82, 2.24) is 5.32 Å². The van der Waals surface area contributed by atoms with Crippen LogP contribution in [0.2, 0.25) is 0 Å². The highest BCUT2D eigenvalue weighted by Crippen LogP contribution is 2.31. The van der Waals surface area contributed by atoms with Gasteiger partial charge < -0.3 is 10.4 Å². The normalized spacial score (nSPS) is 17.6. The quantitative estimate of drug-likeness (QED) is 0.832. The summed E-state index contributed by atoms with van der Waals surface area (Å²) in [4.78, 5) is 12.0. The Morgan fingerprint density at radius 2 is 2.12 bits per heavy atom. The van der Waals surface area contributed by atoms with Crippen LogP contribution in [0.15, 0.2) is 24.3 Å². The number of carbonyl (C=O) groups is 1. The monoisotopic (exact) mass is 331 g/mol. The van der Waals surface area contributed by atoms with Gasteiger partial charge >= 0.3 is 0 Å². The molecule has 3 nitrogen and oxygen atoms in total. The fourth-order valence-corrected chi connectivity index (χ4v) is 2.51. The van der Waals surface area contributed by atoms with Crippen LogP contribution in [0.5, 0.6) is 0 Å². The maximum atomic E-state index is 12.0. The standard InChI is InChI=1S/C12H14INO2/c13-10-5-2-1-4-9(10)11(16)14-12(8-15)6-3-7-12/h1-2,4-5,15H,3,6-8H2,(H,14,16). The molecule has 1 aliphatic rings. The van der Waals surface area contributed by atoms with Gasteiger partial charge in [-0.2, -0.15) is 0 Å². The topological polar surface area (TPSA) is 49.3 Å². The van der Waals surface area contributed by atoms with Gasteiger partial charge in [0.1, 0.15) is 0 Å². The minimum atomic E-state index is -0.365. The fraction of sp³-hybridized carbons (Fsp3) is 0.417. The predicted molar refractivity (Wildman–Crippen MR) is 70.3 cm³/mol. The van der Waals surface area contributed by atoms with Gasteiger partial charge in [0.2, 0.25) is 0 Å². The summed E-state index contributed by atoms with van der Waals surface area (Å²) in [6.45, 7) is 0.0299. The van der Waals surface area contributed by atoms with Crippen molar-refractivity contribution < 1.29 is 9.90 Å². The van der Waals surface area contributed by atoms with E-state index in [0.29, 0.717) is 5.56 Å². The van der Waals surface area contributed by atoms with Crippen molar-refractivity contribution in [3.8, 4) is 0 Å². The second kappa shape index (κ2) is 4.71. The molecule has 0 unspecified atom stereocenters. The lowest BCUT2D eigenvalue weighted by molar-refractivity contribution is 0.0641. The highest BCUT2D eigenvalue weighted by atomic mass is 127. The molecule has 0 atom stereocenters. The Morgan fingerprint density at radius 1 is 1.44 bits per heavy atom. The summed E-state index contributed by atoms with van der Waals surface area (Å²) in [6.07, 6.45) is 2.82. The molecule has 0 aliphatic heterocycles. The highest BCUT2D eigenvalue weighted by Gasteiger charge is 2.37. The van der Waals surface area contributed by atoms with E-state index in [4.69, 9.17) is 0 Å². The van der Waals surface area contributed by atoms with Crippen LogP contribution in [0.25, 0.3) is 0 Å². The van der Waals surface area contributed by atoms with E-state index in [-0.39, 0.29) is 18.1 Å². The van der Waals surface area contributed by atoms with E-state index in [1.165, 1.54) is 0 Å². The summed E-state index contributed by atoms with van der Waals surface area (Å²) in [6, 6.07) is 7.47. The van der Waals surface area contributed by atoms with Crippen LogP contribution in [-0.2, 0) is 0 Å². The number of hydrogen-bond donors (Lipinski definition) is 2. The van der Waals surface area contributed by atoms with Crippen molar-refractivity contribution in [3.63, 3.8) is 0 Å². The Bertz CT molecular complexity index is 396. The zero-order valence-electron chi connectivity index (χ0n) is 8.87. The van der Waals surface area contributed by atoms with E-state index in [1.54, 1.807) is 6.07 Å². The molecule has 2 N–H and O–H groups in total. The number of hydrogen-bond acceptors (Lipinski definition) is 2. The highest BCUT2D eigenvalue weighted by molar-refractivity contribution is 14.1. The smallest absolute Gasteiger partial charge is 0.252 e. The molecule has 1 aromatic carbocycles. The van der Waals surface area contributed by atoms with E-state index in [9.17, 15) is 9.90 Å². The van der Waals surface area contributed by atoms with Crippen molar-refractivity contribution in [1.29, 1.82) is 0 Å². The molecule has 0 heterocycles. The van der Waals surface area contributed by atoms with Gasteiger partial charge in [-0.05, 0) is 54.0 Å². The first-order valence-corrected chi connectivity index (χ1v) is 6.43. The van der Waals surface area contributed by atoms with Crippen LogP contribution in [-0.4, -0.2) is 23.2 Å². The number of aliphatic hydroxyl groups excluding tert-OH is 1. The molecule has 86 valence electrons. The van der Waals surface area contributed by atoms with E-state index in [1.807, 2.05) is 18.2 Å². The average molecular weight is 331 g/mol. The molecule has 1 saturated carbocycles. The fourth-order valence-electron chi connectivity index (χ4n) is 1.88. The summed E-state index contributed by atoms with van der Waals surface area (Å²) in [5.74, 6) is -0.0845. The first-order chi connectivity index (χ1) is 7.67. The first kappa shape index (κ1) is 11.9. The molecule has 2 rings (SSSR count). The Labute approximate surface area is 108 Å². The number of rotatable bonds is 3. The maximum absolute atomic E-state index is 12.0. The van der Waals surface area contributed by atoms with Crippen LogP contribution in [0.4, 0.5) is 0 Å². The molecule has 1 aliphatic carbocycles. The lowest BCUT2D eigenvalue weighted by Gasteiger charge is -2.41. The Morgan fingerprint density at radius 3 is 2.62 bits per heavy atom.